The van der Waals surface area contributed by atoms with Gasteiger partial charge < -0.3 is 16.6 Å². The molecular weight excluding hydrogens is 436 g/mol. The fraction of sp³-hybridized carbons (Fsp3) is 0. The molecule has 0 bridgehead atoms. The molecule has 2 aromatic carbocycles. The Morgan fingerprint density at radius 1 is 1.03 bits per heavy atom. The molecule has 3 aromatic rings. The van der Waals surface area contributed by atoms with Gasteiger partial charge in [-0.15, -0.1) is 0 Å². The van der Waals surface area contributed by atoms with Gasteiger partial charge in [-0.05, 0) is 36.4 Å². The van der Waals surface area contributed by atoms with Crippen molar-refractivity contribution in [2.75, 3.05) is 5.32 Å². The van der Waals surface area contributed by atoms with Gasteiger partial charge in [0.15, 0.2) is 5.15 Å². The van der Waals surface area contributed by atoms with Crippen LogP contribution in [-0.2, 0) is 0 Å². The molecular formula is C18H11Cl3LiN3O4. The number of aromatic nitrogens is 2. The van der Waals surface area contributed by atoms with E-state index >= 15 is 0 Å². The number of carboxylic acid groups (broad SMARTS) is 1. The summed E-state index contributed by atoms with van der Waals surface area (Å²) in [5, 5.41) is 12.6. The first-order valence-electron chi connectivity index (χ1n) is 7.62. The van der Waals surface area contributed by atoms with Crippen LogP contribution in [0, 0.1) is 0 Å². The molecule has 0 aliphatic carbocycles. The molecule has 1 aromatic heterocycles. The van der Waals surface area contributed by atoms with Crippen LogP contribution in [0.2, 0.25) is 15.2 Å². The van der Waals surface area contributed by atoms with Crippen molar-refractivity contribution in [1.82, 2.24) is 9.97 Å². The number of carbonyl (C=O) groups excluding carboxylic acids is 1. The van der Waals surface area contributed by atoms with Gasteiger partial charge in [-0.25, -0.2) is 4.79 Å². The third kappa shape index (κ3) is 5.86. The van der Waals surface area contributed by atoms with Crippen LogP contribution < -0.4 is 28.9 Å². The first kappa shape index (κ1) is 23.0. The molecule has 29 heavy (non-hydrogen) atoms. The molecule has 0 aliphatic rings. The summed E-state index contributed by atoms with van der Waals surface area (Å²) in [6, 6.07) is 8.45. The number of carbonyl (C=O) groups is 2. The van der Waals surface area contributed by atoms with Crippen LogP contribution in [0.1, 0.15) is 22.1 Å². The molecule has 2 N–H and O–H groups in total. The molecule has 0 fully saturated rings. The van der Waals surface area contributed by atoms with Crippen molar-refractivity contribution >= 4 is 52.4 Å². The molecule has 0 radical (unpaired) electrons. The molecule has 0 atom stereocenters. The number of benzene rings is 2. The molecule has 144 valence electrons. The van der Waals surface area contributed by atoms with Crippen LogP contribution >= 0.6 is 34.8 Å². The second-order valence-corrected chi connectivity index (χ2v) is 6.60. The average molecular weight is 447 g/mol. The van der Waals surface area contributed by atoms with Crippen molar-refractivity contribution in [3.63, 3.8) is 0 Å². The molecule has 0 unspecified atom stereocenters. The average Bonchev–Trinajstić information content (AvgIpc) is 2.62. The smallest absolute Gasteiger partial charge is 1.00 e. The van der Waals surface area contributed by atoms with Gasteiger partial charge in [0.05, 0.1) is 34.2 Å². The summed E-state index contributed by atoms with van der Waals surface area (Å²) in [7, 11) is 0. The second kappa shape index (κ2) is 9.97. The zero-order chi connectivity index (χ0) is 20.3. The molecule has 3 rings (SSSR count). The Labute approximate surface area is 193 Å². The minimum absolute atomic E-state index is 0. The number of ether oxygens (including phenoxy) is 1. The van der Waals surface area contributed by atoms with Crippen LogP contribution in [-0.4, -0.2) is 27.0 Å². The summed E-state index contributed by atoms with van der Waals surface area (Å²) in [6.07, 6.45) is 2.65. The largest absolute Gasteiger partial charge is 1.00 e. The van der Waals surface area contributed by atoms with Crippen LogP contribution in [0.3, 0.4) is 0 Å². The molecule has 0 saturated heterocycles. The van der Waals surface area contributed by atoms with E-state index in [1.54, 1.807) is 0 Å². The molecule has 0 aliphatic heterocycles. The minimum Gasteiger partial charge on any atom is -1.00 e. The van der Waals surface area contributed by atoms with Gasteiger partial charge in [0.2, 0.25) is 5.88 Å². The van der Waals surface area contributed by atoms with E-state index in [-0.39, 0.29) is 58.9 Å². The van der Waals surface area contributed by atoms with Crippen LogP contribution in [0.4, 0.5) is 5.69 Å². The third-order valence-electron chi connectivity index (χ3n) is 3.45. The number of amides is 1. The van der Waals surface area contributed by atoms with Crippen molar-refractivity contribution in [1.29, 1.82) is 0 Å². The number of carboxylic acids is 1. The fourth-order valence-corrected chi connectivity index (χ4v) is 2.87. The molecule has 11 heteroatoms. The standard InChI is InChI=1S/C18H10Cl3N3O4.Li.H/c19-9-1-3-11(13(20)5-9)17(25)23-14-4-2-10(6-12(14)18(26)27)28-16-8-22-7-15(21)24-16;;/h1-8H,(H,23,25)(H,26,27);;/q;+1;-1. The van der Waals surface area contributed by atoms with Crippen LogP contribution in [0.5, 0.6) is 11.6 Å². The van der Waals surface area contributed by atoms with Gasteiger partial charge in [-0.1, -0.05) is 34.8 Å². The topological polar surface area (TPSA) is 101 Å². The maximum Gasteiger partial charge on any atom is 1.00 e. The van der Waals surface area contributed by atoms with Crippen molar-refractivity contribution in [3.05, 3.63) is 75.1 Å². The maximum atomic E-state index is 12.4. The van der Waals surface area contributed by atoms with E-state index in [9.17, 15) is 14.7 Å². The number of nitrogens with zero attached hydrogens (tertiary/aromatic N) is 2. The number of hydrogen-bond donors (Lipinski definition) is 2. The molecule has 1 heterocycles. The Hall–Kier alpha value is -2.27. The summed E-state index contributed by atoms with van der Waals surface area (Å²) in [4.78, 5) is 31.8. The third-order valence-corrected chi connectivity index (χ3v) is 4.18. The first-order valence-corrected chi connectivity index (χ1v) is 8.76. The molecule has 1 amide bonds. The Kier molecular flexibility index (Phi) is 7.91. The zero-order valence-corrected chi connectivity index (χ0v) is 17.1. The number of halogens is 3. The van der Waals surface area contributed by atoms with Gasteiger partial charge in [-0.3, -0.25) is 9.78 Å². The number of anilines is 1. The number of rotatable bonds is 5. The van der Waals surface area contributed by atoms with E-state index in [1.165, 1.54) is 48.8 Å². The van der Waals surface area contributed by atoms with E-state index in [0.717, 1.165) is 0 Å². The Morgan fingerprint density at radius 2 is 1.79 bits per heavy atom. The summed E-state index contributed by atoms with van der Waals surface area (Å²) in [6.45, 7) is 0. The second-order valence-electron chi connectivity index (χ2n) is 5.37. The van der Waals surface area contributed by atoms with Crippen molar-refractivity contribution in [2.45, 2.75) is 0 Å². The fourth-order valence-electron chi connectivity index (χ4n) is 2.23. The van der Waals surface area contributed by atoms with E-state index in [0.29, 0.717) is 5.02 Å². The molecule has 0 saturated carbocycles. The Balaban J connectivity index is 0.00000225. The maximum absolute atomic E-state index is 12.4. The van der Waals surface area contributed by atoms with E-state index < -0.39 is 11.9 Å². The summed E-state index contributed by atoms with van der Waals surface area (Å²) >= 11 is 17.6. The van der Waals surface area contributed by atoms with Crippen molar-refractivity contribution in [2.24, 2.45) is 0 Å². The van der Waals surface area contributed by atoms with Crippen molar-refractivity contribution < 1.29 is 39.7 Å². The van der Waals surface area contributed by atoms with E-state index in [2.05, 4.69) is 15.3 Å². The molecule has 0 spiro atoms. The normalized spacial score (nSPS) is 10.0. The van der Waals surface area contributed by atoms with Gasteiger partial charge in [0.25, 0.3) is 5.91 Å². The van der Waals surface area contributed by atoms with Crippen LogP contribution in [0.15, 0.2) is 48.8 Å². The van der Waals surface area contributed by atoms with Gasteiger partial charge >= 0.3 is 24.8 Å². The predicted molar refractivity (Wildman–Crippen MR) is 106 cm³/mol. The SMILES string of the molecule is O=C(Nc1ccc(Oc2cncc(Cl)n2)cc1C(=O)O)c1ccc(Cl)cc1Cl.[H-].[Li+]. The summed E-state index contributed by atoms with van der Waals surface area (Å²) in [5.41, 5.74) is 0.0240. The van der Waals surface area contributed by atoms with Crippen LogP contribution in [0.25, 0.3) is 0 Å². The quantitative estimate of drug-likeness (QED) is 0.583. The number of aromatic carboxylic acids is 1. The Bertz CT molecular complexity index is 1090. The monoisotopic (exact) mass is 445 g/mol. The number of nitrogens with one attached hydrogen (secondary N) is 1. The predicted octanol–water partition coefficient (Wildman–Crippen LogP) is 2.30. The first-order chi connectivity index (χ1) is 13.3. The van der Waals surface area contributed by atoms with E-state index in [1.807, 2.05) is 0 Å². The minimum atomic E-state index is -1.26. The van der Waals surface area contributed by atoms with Crippen molar-refractivity contribution in [3.8, 4) is 11.6 Å². The summed E-state index contributed by atoms with van der Waals surface area (Å²) in [5.74, 6) is -1.58. The zero-order valence-electron chi connectivity index (χ0n) is 15.8. The van der Waals surface area contributed by atoms with Gasteiger partial charge in [-0.2, -0.15) is 4.98 Å². The van der Waals surface area contributed by atoms with E-state index in [4.69, 9.17) is 39.5 Å². The molecule has 7 nitrogen and oxygen atoms in total. The summed E-state index contributed by atoms with van der Waals surface area (Å²) < 4.78 is 5.46. The van der Waals surface area contributed by atoms with Gasteiger partial charge in [0.1, 0.15) is 5.75 Å². The number of hydrogen-bond acceptors (Lipinski definition) is 5. The Morgan fingerprint density at radius 3 is 2.45 bits per heavy atom. The van der Waals surface area contributed by atoms with Gasteiger partial charge in [0, 0.05) is 5.02 Å².